The molecule has 0 saturated carbocycles. The van der Waals surface area contributed by atoms with E-state index in [0.29, 0.717) is 24.7 Å². The summed E-state index contributed by atoms with van der Waals surface area (Å²) in [7, 11) is 0. The number of aryl methyl sites for hydroxylation is 1. The van der Waals surface area contributed by atoms with Gasteiger partial charge in [-0.2, -0.15) is 0 Å². The van der Waals surface area contributed by atoms with Crippen LogP contribution in [-0.2, 0) is 9.59 Å². The molecule has 2 aromatic rings. The molecule has 1 aromatic heterocycles. The molecular weight excluding hydrogens is 358 g/mol. The van der Waals surface area contributed by atoms with Crippen molar-refractivity contribution < 1.29 is 14.1 Å². The Balaban J connectivity index is 1.19. The lowest BCUT2D eigenvalue weighted by atomic mass is 9.98. The lowest BCUT2D eigenvalue weighted by Crippen LogP contribution is -2.58. The van der Waals surface area contributed by atoms with Gasteiger partial charge in [-0.15, -0.1) is 0 Å². The van der Waals surface area contributed by atoms with E-state index < -0.39 is 0 Å². The molecule has 4 rings (SSSR count). The topological polar surface area (TPSA) is 81.9 Å². The van der Waals surface area contributed by atoms with Crippen molar-refractivity contribution in [3.8, 4) is 0 Å². The van der Waals surface area contributed by atoms with Gasteiger partial charge in [0.1, 0.15) is 5.76 Å². The van der Waals surface area contributed by atoms with E-state index in [0.717, 1.165) is 26.2 Å². The second-order valence-electron chi connectivity index (χ2n) is 7.41. The summed E-state index contributed by atoms with van der Waals surface area (Å²) in [6.07, 6.45) is 0. The zero-order chi connectivity index (χ0) is 19.5. The average Bonchev–Trinajstić information content (AvgIpc) is 3.09. The first-order valence-corrected chi connectivity index (χ1v) is 9.63. The molecule has 0 bridgehead atoms. The quantitative estimate of drug-likeness (QED) is 0.836. The van der Waals surface area contributed by atoms with Crippen molar-refractivity contribution >= 4 is 23.3 Å². The number of carbonyl (C=O) groups excluding carboxylic acids is 2. The molecular formula is C20H25N5O3. The monoisotopic (exact) mass is 383 g/mol. The molecule has 0 radical (unpaired) electrons. The molecule has 0 aliphatic carbocycles. The van der Waals surface area contributed by atoms with Crippen molar-refractivity contribution in [2.75, 3.05) is 56.0 Å². The lowest BCUT2D eigenvalue weighted by molar-refractivity contribution is -0.142. The number of hydrogen-bond acceptors (Lipinski definition) is 6. The van der Waals surface area contributed by atoms with Gasteiger partial charge in [-0.05, 0) is 19.1 Å². The lowest BCUT2D eigenvalue weighted by Gasteiger charge is -2.42. The number of rotatable bonds is 5. The zero-order valence-corrected chi connectivity index (χ0v) is 16.0. The smallest absolute Gasteiger partial charge is 0.239 e. The molecule has 3 heterocycles. The maximum atomic E-state index is 12.7. The van der Waals surface area contributed by atoms with Crippen molar-refractivity contribution in [2.24, 2.45) is 5.92 Å². The van der Waals surface area contributed by atoms with E-state index >= 15 is 0 Å². The Morgan fingerprint density at radius 1 is 1.14 bits per heavy atom. The minimum atomic E-state index is -0.143. The predicted octanol–water partition coefficient (Wildman–Crippen LogP) is 1.20. The first-order chi connectivity index (χ1) is 13.6. The van der Waals surface area contributed by atoms with E-state index in [2.05, 4.69) is 27.5 Å². The normalized spacial score (nSPS) is 18.0. The Bertz CT molecular complexity index is 823. The van der Waals surface area contributed by atoms with Gasteiger partial charge in [0.2, 0.25) is 11.8 Å². The molecule has 28 heavy (non-hydrogen) atoms. The van der Waals surface area contributed by atoms with Crippen LogP contribution >= 0.6 is 0 Å². The maximum Gasteiger partial charge on any atom is 0.239 e. The number of hydrogen-bond donors (Lipinski definition) is 1. The van der Waals surface area contributed by atoms with Gasteiger partial charge in [-0.25, -0.2) is 0 Å². The molecule has 2 aliphatic rings. The minimum absolute atomic E-state index is 0.00892. The number of aromatic nitrogens is 1. The number of benzene rings is 1. The summed E-state index contributed by atoms with van der Waals surface area (Å²) in [5.41, 5.74) is 1.21. The molecule has 2 fully saturated rings. The van der Waals surface area contributed by atoms with Crippen LogP contribution in [0.5, 0.6) is 0 Å². The van der Waals surface area contributed by atoms with Crippen LogP contribution in [0.4, 0.5) is 11.5 Å². The third-order valence-corrected chi connectivity index (χ3v) is 5.28. The van der Waals surface area contributed by atoms with Crippen molar-refractivity contribution in [1.29, 1.82) is 0 Å². The van der Waals surface area contributed by atoms with Crippen LogP contribution in [0.1, 0.15) is 5.76 Å². The van der Waals surface area contributed by atoms with Crippen LogP contribution < -0.4 is 10.2 Å². The number of nitrogens with zero attached hydrogens (tertiary/aromatic N) is 4. The van der Waals surface area contributed by atoms with Gasteiger partial charge in [0.15, 0.2) is 5.82 Å². The van der Waals surface area contributed by atoms with Crippen LogP contribution in [0.15, 0.2) is 40.9 Å². The van der Waals surface area contributed by atoms with Crippen molar-refractivity contribution in [1.82, 2.24) is 15.0 Å². The summed E-state index contributed by atoms with van der Waals surface area (Å²) in [6, 6.07) is 12.0. The van der Waals surface area contributed by atoms with Crippen molar-refractivity contribution in [3.63, 3.8) is 0 Å². The Morgan fingerprint density at radius 3 is 2.50 bits per heavy atom. The Kier molecular flexibility index (Phi) is 5.29. The van der Waals surface area contributed by atoms with Crippen LogP contribution in [0, 0.1) is 12.8 Å². The van der Waals surface area contributed by atoms with Gasteiger partial charge < -0.3 is 19.6 Å². The summed E-state index contributed by atoms with van der Waals surface area (Å²) in [4.78, 5) is 31.0. The number of nitrogens with one attached hydrogen (secondary N) is 1. The van der Waals surface area contributed by atoms with E-state index in [4.69, 9.17) is 4.52 Å². The number of para-hydroxylation sites is 1. The summed E-state index contributed by atoms with van der Waals surface area (Å²) in [5, 5.41) is 6.45. The van der Waals surface area contributed by atoms with Crippen LogP contribution in [0.2, 0.25) is 0 Å². The number of amides is 2. The van der Waals surface area contributed by atoms with E-state index in [1.165, 1.54) is 5.69 Å². The molecule has 2 saturated heterocycles. The number of piperazine rings is 1. The van der Waals surface area contributed by atoms with Gasteiger partial charge >= 0.3 is 0 Å². The standard InChI is InChI=1S/C20H25N5O3/c1-15-11-18(22-28-15)21-19(26)14-23-12-16(13-23)20(27)25-9-7-24(8-10-25)17-5-3-2-4-6-17/h2-6,11,16H,7-10,12-14H2,1H3,(H,21,22,26). The van der Waals surface area contributed by atoms with Gasteiger partial charge in [0.05, 0.1) is 12.5 Å². The summed E-state index contributed by atoms with van der Waals surface area (Å²) >= 11 is 0. The number of carbonyl (C=O) groups is 2. The van der Waals surface area contributed by atoms with E-state index in [-0.39, 0.29) is 24.3 Å². The highest BCUT2D eigenvalue weighted by Crippen LogP contribution is 2.21. The minimum Gasteiger partial charge on any atom is -0.368 e. The summed E-state index contributed by atoms with van der Waals surface area (Å²) in [6.45, 7) is 6.49. The maximum absolute atomic E-state index is 12.7. The van der Waals surface area contributed by atoms with E-state index in [1.807, 2.05) is 28.0 Å². The molecule has 0 atom stereocenters. The first-order valence-electron chi connectivity index (χ1n) is 9.63. The zero-order valence-electron chi connectivity index (χ0n) is 16.0. The fourth-order valence-corrected chi connectivity index (χ4v) is 3.75. The molecule has 2 aliphatic heterocycles. The molecule has 2 amide bonds. The molecule has 1 aromatic carbocycles. The highest BCUT2D eigenvalue weighted by Gasteiger charge is 2.37. The summed E-state index contributed by atoms with van der Waals surface area (Å²) in [5.74, 6) is 1.13. The third kappa shape index (κ3) is 4.17. The molecule has 0 spiro atoms. The molecule has 8 heteroatoms. The van der Waals surface area contributed by atoms with Crippen LogP contribution in [0.3, 0.4) is 0 Å². The van der Waals surface area contributed by atoms with Crippen LogP contribution in [0.25, 0.3) is 0 Å². The van der Waals surface area contributed by atoms with Gasteiger partial charge in [0, 0.05) is 51.0 Å². The number of anilines is 2. The van der Waals surface area contributed by atoms with Gasteiger partial charge in [0.25, 0.3) is 0 Å². The fraction of sp³-hybridized carbons (Fsp3) is 0.450. The van der Waals surface area contributed by atoms with Crippen LogP contribution in [-0.4, -0.2) is 72.6 Å². The largest absolute Gasteiger partial charge is 0.368 e. The molecule has 1 N–H and O–H groups in total. The fourth-order valence-electron chi connectivity index (χ4n) is 3.75. The third-order valence-electron chi connectivity index (χ3n) is 5.28. The Morgan fingerprint density at radius 2 is 1.86 bits per heavy atom. The van der Waals surface area contributed by atoms with Gasteiger partial charge in [-0.1, -0.05) is 23.4 Å². The van der Waals surface area contributed by atoms with E-state index in [9.17, 15) is 9.59 Å². The van der Waals surface area contributed by atoms with Gasteiger partial charge in [-0.3, -0.25) is 14.5 Å². The van der Waals surface area contributed by atoms with E-state index in [1.54, 1.807) is 13.0 Å². The predicted molar refractivity (Wildman–Crippen MR) is 105 cm³/mol. The second-order valence-corrected chi connectivity index (χ2v) is 7.41. The Labute approximate surface area is 164 Å². The molecule has 0 unspecified atom stereocenters. The van der Waals surface area contributed by atoms with Crippen molar-refractivity contribution in [3.05, 3.63) is 42.2 Å². The summed E-state index contributed by atoms with van der Waals surface area (Å²) < 4.78 is 4.93. The Hall–Kier alpha value is -2.87. The highest BCUT2D eigenvalue weighted by atomic mass is 16.5. The number of likely N-dealkylation sites (tertiary alicyclic amines) is 1. The second kappa shape index (κ2) is 8.02. The molecule has 148 valence electrons. The molecule has 8 nitrogen and oxygen atoms in total. The first kappa shape index (κ1) is 18.5. The van der Waals surface area contributed by atoms with Crippen molar-refractivity contribution in [2.45, 2.75) is 6.92 Å². The highest BCUT2D eigenvalue weighted by molar-refractivity contribution is 5.91. The SMILES string of the molecule is Cc1cc(NC(=O)CN2CC(C(=O)N3CCN(c4ccccc4)CC3)C2)no1. The average molecular weight is 383 g/mol.